The van der Waals surface area contributed by atoms with Gasteiger partial charge in [-0.05, 0) is 25.5 Å². The molecule has 0 saturated carbocycles. The van der Waals surface area contributed by atoms with E-state index in [1.54, 1.807) is 11.8 Å². The van der Waals surface area contributed by atoms with Crippen molar-refractivity contribution >= 4 is 11.6 Å². The number of rotatable bonds is 3. The fraction of sp³-hybridized carbons (Fsp3) is 0.417. The first kappa shape index (κ1) is 11.0. The highest BCUT2D eigenvalue weighted by Crippen LogP contribution is 2.31. The Kier molecular flexibility index (Phi) is 3.10. The quantitative estimate of drug-likeness (QED) is 0.834. The summed E-state index contributed by atoms with van der Waals surface area (Å²) in [7, 11) is 0. The third kappa shape index (κ3) is 2.17. The van der Waals surface area contributed by atoms with E-state index in [1.807, 2.05) is 24.3 Å². The third-order valence-electron chi connectivity index (χ3n) is 2.58. The van der Waals surface area contributed by atoms with Gasteiger partial charge in [-0.3, -0.25) is 4.79 Å². The molecule has 1 atom stereocenters. The smallest absolute Gasteiger partial charge is 0.265 e. The Bertz CT molecular complexity index is 390. The van der Waals surface area contributed by atoms with Crippen molar-refractivity contribution in [1.29, 1.82) is 0 Å². The zero-order valence-electron chi connectivity index (χ0n) is 9.22. The van der Waals surface area contributed by atoms with Crippen molar-refractivity contribution in [2.24, 2.45) is 0 Å². The average molecular weight is 221 g/mol. The van der Waals surface area contributed by atoms with Crippen LogP contribution in [0, 0.1) is 0 Å². The van der Waals surface area contributed by atoms with Crippen LogP contribution in [0.2, 0.25) is 0 Å². The number of aliphatic hydroxyl groups is 1. The first-order valence-corrected chi connectivity index (χ1v) is 5.39. The van der Waals surface area contributed by atoms with E-state index in [1.165, 1.54) is 0 Å². The van der Waals surface area contributed by atoms with Crippen LogP contribution in [0.3, 0.4) is 0 Å². The van der Waals surface area contributed by atoms with Gasteiger partial charge in [-0.15, -0.1) is 0 Å². The van der Waals surface area contributed by atoms with Crippen molar-refractivity contribution in [2.75, 3.05) is 18.1 Å². The maximum atomic E-state index is 11.7. The lowest BCUT2D eigenvalue weighted by atomic mass is 10.2. The fourth-order valence-electron chi connectivity index (χ4n) is 1.72. The Labute approximate surface area is 94.4 Å². The van der Waals surface area contributed by atoms with Crippen molar-refractivity contribution < 1.29 is 14.6 Å². The molecule has 0 saturated heterocycles. The molecule has 0 spiro atoms. The van der Waals surface area contributed by atoms with Crippen LogP contribution in [-0.2, 0) is 4.79 Å². The Balaban J connectivity index is 2.19. The summed E-state index contributed by atoms with van der Waals surface area (Å²) in [6.07, 6.45) is 0.169. The summed E-state index contributed by atoms with van der Waals surface area (Å²) >= 11 is 0. The number of aliphatic hydroxyl groups excluding tert-OH is 1. The number of fused-ring (bicyclic) bond motifs is 1. The maximum absolute atomic E-state index is 11.7. The molecule has 4 nitrogen and oxygen atoms in total. The van der Waals surface area contributed by atoms with Crippen LogP contribution in [0.25, 0.3) is 0 Å². The Morgan fingerprint density at radius 1 is 1.50 bits per heavy atom. The molecule has 1 amide bonds. The van der Waals surface area contributed by atoms with Gasteiger partial charge in [0.2, 0.25) is 0 Å². The minimum absolute atomic E-state index is 0.0562. The van der Waals surface area contributed by atoms with Crippen molar-refractivity contribution in [3.8, 4) is 5.75 Å². The summed E-state index contributed by atoms with van der Waals surface area (Å²) < 4.78 is 5.32. The second-order valence-electron chi connectivity index (χ2n) is 3.94. The predicted molar refractivity (Wildman–Crippen MR) is 60.6 cm³/mol. The van der Waals surface area contributed by atoms with Gasteiger partial charge in [-0.25, -0.2) is 0 Å². The highest BCUT2D eigenvalue weighted by atomic mass is 16.5. The van der Waals surface area contributed by atoms with Crippen molar-refractivity contribution in [2.45, 2.75) is 19.4 Å². The van der Waals surface area contributed by atoms with E-state index in [9.17, 15) is 9.90 Å². The van der Waals surface area contributed by atoms with Crippen molar-refractivity contribution in [3.05, 3.63) is 24.3 Å². The van der Waals surface area contributed by atoms with E-state index in [4.69, 9.17) is 4.74 Å². The largest absolute Gasteiger partial charge is 0.482 e. The van der Waals surface area contributed by atoms with E-state index in [-0.39, 0.29) is 12.5 Å². The van der Waals surface area contributed by atoms with Crippen LogP contribution in [0.4, 0.5) is 5.69 Å². The number of carbonyl (C=O) groups excluding carboxylic acids is 1. The molecule has 1 aromatic rings. The number of amides is 1. The zero-order chi connectivity index (χ0) is 11.5. The monoisotopic (exact) mass is 221 g/mol. The molecule has 0 fully saturated rings. The van der Waals surface area contributed by atoms with Crippen LogP contribution in [0.15, 0.2) is 24.3 Å². The molecule has 1 aliphatic rings. The van der Waals surface area contributed by atoms with Gasteiger partial charge >= 0.3 is 0 Å². The van der Waals surface area contributed by atoms with E-state index in [0.29, 0.717) is 13.0 Å². The molecule has 0 aromatic heterocycles. The van der Waals surface area contributed by atoms with Crippen molar-refractivity contribution in [3.63, 3.8) is 0 Å². The minimum atomic E-state index is -0.400. The molecule has 1 N–H and O–H groups in total. The summed E-state index contributed by atoms with van der Waals surface area (Å²) in [6.45, 7) is 2.32. The van der Waals surface area contributed by atoms with Crippen molar-refractivity contribution in [1.82, 2.24) is 0 Å². The van der Waals surface area contributed by atoms with Gasteiger partial charge < -0.3 is 14.7 Å². The average Bonchev–Trinajstić information content (AvgIpc) is 2.27. The number of hydrogen-bond donors (Lipinski definition) is 1. The van der Waals surface area contributed by atoms with Crippen LogP contribution in [-0.4, -0.2) is 30.3 Å². The standard InChI is InChI=1S/C12H15NO3/c1-9(14)6-7-13-10-4-2-3-5-11(10)16-8-12(13)15/h2-5,9,14H,6-8H2,1H3. The van der Waals surface area contributed by atoms with Crippen LogP contribution >= 0.6 is 0 Å². The summed E-state index contributed by atoms with van der Waals surface area (Å²) in [6, 6.07) is 7.45. The van der Waals surface area contributed by atoms with Crippen LogP contribution in [0.5, 0.6) is 5.75 Å². The van der Waals surface area contributed by atoms with E-state index in [2.05, 4.69) is 0 Å². The number of benzene rings is 1. The van der Waals surface area contributed by atoms with Gasteiger partial charge in [0, 0.05) is 6.54 Å². The Morgan fingerprint density at radius 3 is 3.00 bits per heavy atom. The molecule has 0 radical (unpaired) electrons. The Morgan fingerprint density at radius 2 is 2.25 bits per heavy atom. The van der Waals surface area contributed by atoms with Gasteiger partial charge in [0.1, 0.15) is 5.75 Å². The van der Waals surface area contributed by atoms with Gasteiger partial charge in [-0.1, -0.05) is 12.1 Å². The third-order valence-corrected chi connectivity index (χ3v) is 2.58. The minimum Gasteiger partial charge on any atom is -0.482 e. The van der Waals surface area contributed by atoms with E-state index in [0.717, 1.165) is 11.4 Å². The molecule has 0 bridgehead atoms. The fourth-order valence-corrected chi connectivity index (χ4v) is 1.72. The molecule has 4 heteroatoms. The van der Waals surface area contributed by atoms with Gasteiger partial charge in [-0.2, -0.15) is 0 Å². The van der Waals surface area contributed by atoms with E-state index < -0.39 is 6.10 Å². The summed E-state index contributed by atoms with van der Waals surface area (Å²) in [5, 5.41) is 9.25. The zero-order valence-corrected chi connectivity index (χ0v) is 9.22. The number of hydrogen-bond acceptors (Lipinski definition) is 3. The van der Waals surface area contributed by atoms with Crippen LogP contribution in [0.1, 0.15) is 13.3 Å². The lowest BCUT2D eigenvalue weighted by Gasteiger charge is -2.29. The number of anilines is 1. The molecule has 0 aliphatic carbocycles. The molecular weight excluding hydrogens is 206 g/mol. The number of carbonyl (C=O) groups is 1. The van der Waals surface area contributed by atoms with Gasteiger partial charge in [0.25, 0.3) is 5.91 Å². The van der Waals surface area contributed by atoms with Crippen LogP contribution < -0.4 is 9.64 Å². The van der Waals surface area contributed by atoms with E-state index >= 15 is 0 Å². The SMILES string of the molecule is CC(O)CCN1C(=O)COc2ccccc21. The number of para-hydroxylation sites is 2. The first-order valence-electron chi connectivity index (χ1n) is 5.39. The molecule has 86 valence electrons. The molecule has 16 heavy (non-hydrogen) atoms. The summed E-state index contributed by atoms with van der Waals surface area (Å²) in [4.78, 5) is 13.4. The lowest BCUT2D eigenvalue weighted by Crippen LogP contribution is -2.40. The highest BCUT2D eigenvalue weighted by molar-refractivity contribution is 5.97. The molecule has 1 heterocycles. The maximum Gasteiger partial charge on any atom is 0.265 e. The number of ether oxygens (including phenoxy) is 1. The lowest BCUT2D eigenvalue weighted by molar-refractivity contribution is -0.121. The molecule has 1 aliphatic heterocycles. The molecule has 1 unspecified atom stereocenters. The summed E-state index contributed by atoms with van der Waals surface area (Å²) in [5.74, 6) is 0.673. The first-order chi connectivity index (χ1) is 7.68. The molecule has 1 aromatic carbocycles. The second-order valence-corrected chi connectivity index (χ2v) is 3.94. The highest BCUT2D eigenvalue weighted by Gasteiger charge is 2.24. The van der Waals surface area contributed by atoms with Gasteiger partial charge in [0.05, 0.1) is 11.8 Å². The molecule has 2 rings (SSSR count). The van der Waals surface area contributed by atoms with Gasteiger partial charge in [0.15, 0.2) is 6.61 Å². The topological polar surface area (TPSA) is 49.8 Å². The Hall–Kier alpha value is -1.55. The molecular formula is C12H15NO3. The normalized spacial score (nSPS) is 16.6. The summed E-state index contributed by atoms with van der Waals surface area (Å²) in [5.41, 5.74) is 0.791. The second kappa shape index (κ2) is 4.53. The predicted octanol–water partition coefficient (Wildman–Crippen LogP) is 1.18. The number of nitrogens with zero attached hydrogens (tertiary/aromatic N) is 1.